The van der Waals surface area contributed by atoms with Crippen LogP contribution in [0.2, 0.25) is 5.02 Å². The Balaban J connectivity index is 2.05. The summed E-state index contributed by atoms with van der Waals surface area (Å²) in [5.74, 6) is 0.259. The Bertz CT molecular complexity index is 865. The summed E-state index contributed by atoms with van der Waals surface area (Å²) in [4.78, 5) is 12.7. The third-order valence-corrected chi connectivity index (χ3v) is 5.28. The standard InChI is InChI=1S/C19H22ClNO4S/c1-4-18(14-8-10-17(11-9-14)26(3,23)24)21-19(22)13(2)25-16-7-5-6-15(20)12-16/h5-13,18H,4H2,1-3H3,(H,21,22)/t13-,18-/m0/s1. The van der Waals surface area contributed by atoms with Gasteiger partial charge in [0.2, 0.25) is 0 Å². The number of benzene rings is 2. The maximum atomic E-state index is 12.4. The van der Waals surface area contributed by atoms with Crippen molar-refractivity contribution in [1.82, 2.24) is 5.32 Å². The molecule has 0 fully saturated rings. The molecule has 0 spiro atoms. The highest BCUT2D eigenvalue weighted by atomic mass is 35.5. The van der Waals surface area contributed by atoms with E-state index in [-0.39, 0.29) is 16.8 Å². The first-order valence-electron chi connectivity index (χ1n) is 8.23. The lowest BCUT2D eigenvalue weighted by atomic mass is 10.0. The van der Waals surface area contributed by atoms with Crippen LogP contribution in [0.15, 0.2) is 53.4 Å². The Kier molecular flexibility index (Phi) is 6.67. The lowest BCUT2D eigenvalue weighted by Gasteiger charge is -2.21. The molecule has 0 unspecified atom stereocenters. The number of halogens is 1. The number of carbonyl (C=O) groups excluding carboxylic acids is 1. The van der Waals surface area contributed by atoms with Gasteiger partial charge in [-0.25, -0.2) is 8.42 Å². The first-order chi connectivity index (χ1) is 12.2. The molecule has 2 aromatic carbocycles. The summed E-state index contributed by atoms with van der Waals surface area (Å²) < 4.78 is 28.7. The van der Waals surface area contributed by atoms with Gasteiger partial charge in [-0.15, -0.1) is 0 Å². The van der Waals surface area contributed by atoms with Gasteiger partial charge in [0, 0.05) is 11.3 Å². The number of sulfone groups is 1. The molecule has 0 aliphatic carbocycles. The Labute approximate surface area is 159 Å². The van der Waals surface area contributed by atoms with Crippen LogP contribution in [0.25, 0.3) is 0 Å². The van der Waals surface area contributed by atoms with Crippen molar-refractivity contribution in [3.05, 3.63) is 59.1 Å². The quantitative estimate of drug-likeness (QED) is 0.774. The molecule has 0 saturated heterocycles. The summed E-state index contributed by atoms with van der Waals surface area (Å²) in [6.45, 7) is 3.60. The number of hydrogen-bond donors (Lipinski definition) is 1. The molecule has 0 radical (unpaired) electrons. The first-order valence-corrected chi connectivity index (χ1v) is 10.5. The number of carbonyl (C=O) groups is 1. The highest BCUT2D eigenvalue weighted by Gasteiger charge is 2.20. The SMILES string of the molecule is CC[C@H](NC(=O)[C@H](C)Oc1cccc(Cl)c1)c1ccc(S(C)(=O)=O)cc1. The molecule has 140 valence electrons. The van der Waals surface area contributed by atoms with E-state index in [2.05, 4.69) is 5.32 Å². The molecule has 0 bridgehead atoms. The maximum Gasteiger partial charge on any atom is 0.261 e. The molecule has 1 amide bonds. The average Bonchev–Trinajstić information content (AvgIpc) is 2.58. The second-order valence-electron chi connectivity index (χ2n) is 6.03. The average molecular weight is 396 g/mol. The Morgan fingerprint density at radius 2 is 1.85 bits per heavy atom. The van der Waals surface area contributed by atoms with Crippen LogP contribution in [0, 0.1) is 0 Å². The third-order valence-electron chi connectivity index (χ3n) is 3.91. The molecule has 0 aromatic heterocycles. The zero-order valence-electron chi connectivity index (χ0n) is 14.9. The lowest BCUT2D eigenvalue weighted by Crippen LogP contribution is -2.38. The Morgan fingerprint density at radius 1 is 1.19 bits per heavy atom. The zero-order valence-corrected chi connectivity index (χ0v) is 16.5. The van der Waals surface area contributed by atoms with Crippen LogP contribution < -0.4 is 10.1 Å². The number of hydrogen-bond acceptors (Lipinski definition) is 4. The van der Waals surface area contributed by atoms with Crippen LogP contribution in [0.4, 0.5) is 0 Å². The minimum absolute atomic E-state index is 0.235. The monoisotopic (exact) mass is 395 g/mol. The van der Waals surface area contributed by atoms with E-state index >= 15 is 0 Å². The van der Waals surface area contributed by atoms with E-state index < -0.39 is 15.9 Å². The van der Waals surface area contributed by atoms with E-state index in [1.54, 1.807) is 55.5 Å². The summed E-state index contributed by atoms with van der Waals surface area (Å²) in [6, 6.07) is 13.1. The van der Waals surface area contributed by atoms with E-state index in [0.29, 0.717) is 17.2 Å². The van der Waals surface area contributed by atoms with Crippen molar-refractivity contribution in [3.8, 4) is 5.75 Å². The number of ether oxygens (including phenoxy) is 1. The van der Waals surface area contributed by atoms with Crippen LogP contribution in [0.1, 0.15) is 31.9 Å². The van der Waals surface area contributed by atoms with Crippen LogP contribution in [0.3, 0.4) is 0 Å². The number of rotatable bonds is 7. The van der Waals surface area contributed by atoms with E-state index in [4.69, 9.17) is 16.3 Å². The third kappa shape index (κ3) is 5.47. The number of amides is 1. The summed E-state index contributed by atoms with van der Waals surface area (Å²) in [5, 5.41) is 3.46. The molecule has 2 rings (SSSR count). The lowest BCUT2D eigenvalue weighted by molar-refractivity contribution is -0.128. The summed E-state index contributed by atoms with van der Waals surface area (Å²) >= 11 is 5.92. The molecule has 0 saturated carbocycles. The largest absolute Gasteiger partial charge is 0.481 e. The molecule has 2 aromatic rings. The molecular weight excluding hydrogens is 374 g/mol. The van der Waals surface area contributed by atoms with Crippen molar-refractivity contribution in [2.75, 3.05) is 6.26 Å². The second-order valence-corrected chi connectivity index (χ2v) is 8.48. The highest BCUT2D eigenvalue weighted by molar-refractivity contribution is 7.90. The van der Waals surface area contributed by atoms with E-state index in [0.717, 1.165) is 11.8 Å². The second kappa shape index (κ2) is 8.56. The van der Waals surface area contributed by atoms with Crippen LogP contribution >= 0.6 is 11.6 Å². The molecule has 1 N–H and O–H groups in total. The van der Waals surface area contributed by atoms with Gasteiger partial charge in [-0.2, -0.15) is 0 Å². The van der Waals surface area contributed by atoms with Crippen molar-refractivity contribution in [2.24, 2.45) is 0 Å². The van der Waals surface area contributed by atoms with Crippen LogP contribution in [-0.4, -0.2) is 26.7 Å². The van der Waals surface area contributed by atoms with Gasteiger partial charge >= 0.3 is 0 Å². The highest BCUT2D eigenvalue weighted by Crippen LogP contribution is 2.21. The minimum Gasteiger partial charge on any atom is -0.481 e. The van der Waals surface area contributed by atoms with Crippen molar-refractivity contribution in [3.63, 3.8) is 0 Å². The number of nitrogens with one attached hydrogen (secondary N) is 1. The predicted octanol–water partition coefficient (Wildman–Crippen LogP) is 3.78. The van der Waals surface area contributed by atoms with Gasteiger partial charge < -0.3 is 10.1 Å². The van der Waals surface area contributed by atoms with E-state index in [9.17, 15) is 13.2 Å². The fourth-order valence-corrected chi connectivity index (χ4v) is 3.27. The molecule has 0 aliphatic heterocycles. The smallest absolute Gasteiger partial charge is 0.261 e. The van der Waals surface area contributed by atoms with Gasteiger partial charge in [-0.05, 0) is 49.2 Å². The molecule has 0 heterocycles. The first kappa shape index (κ1) is 20.3. The van der Waals surface area contributed by atoms with Crippen molar-refractivity contribution < 1.29 is 17.9 Å². The van der Waals surface area contributed by atoms with Crippen molar-refractivity contribution >= 4 is 27.3 Å². The van der Waals surface area contributed by atoms with Gasteiger partial charge in [0.1, 0.15) is 5.75 Å². The Morgan fingerprint density at radius 3 is 2.38 bits per heavy atom. The zero-order chi connectivity index (χ0) is 19.3. The fourth-order valence-electron chi connectivity index (χ4n) is 2.46. The van der Waals surface area contributed by atoms with Gasteiger partial charge in [0.15, 0.2) is 15.9 Å². The van der Waals surface area contributed by atoms with Crippen molar-refractivity contribution in [1.29, 1.82) is 0 Å². The Hall–Kier alpha value is -2.05. The van der Waals surface area contributed by atoms with E-state index in [1.165, 1.54) is 0 Å². The van der Waals surface area contributed by atoms with E-state index in [1.807, 2.05) is 6.92 Å². The molecule has 7 heteroatoms. The maximum absolute atomic E-state index is 12.4. The molecule has 5 nitrogen and oxygen atoms in total. The molecular formula is C19H22ClNO4S. The molecule has 2 atom stereocenters. The summed E-state index contributed by atoms with van der Waals surface area (Å²) in [5.41, 5.74) is 0.836. The topological polar surface area (TPSA) is 72.5 Å². The fraction of sp³-hybridized carbons (Fsp3) is 0.316. The summed E-state index contributed by atoms with van der Waals surface area (Å²) in [7, 11) is -3.24. The molecule has 26 heavy (non-hydrogen) atoms. The van der Waals surface area contributed by atoms with Gasteiger partial charge in [0.05, 0.1) is 10.9 Å². The van der Waals surface area contributed by atoms with Gasteiger partial charge in [-0.3, -0.25) is 4.79 Å². The minimum atomic E-state index is -3.24. The van der Waals surface area contributed by atoms with Crippen molar-refractivity contribution in [2.45, 2.75) is 37.3 Å². The van der Waals surface area contributed by atoms with Crippen LogP contribution in [0.5, 0.6) is 5.75 Å². The summed E-state index contributed by atoms with van der Waals surface area (Å²) in [6.07, 6.45) is 1.13. The van der Waals surface area contributed by atoms with Gasteiger partial charge in [0.25, 0.3) is 5.91 Å². The van der Waals surface area contributed by atoms with Crippen LogP contribution in [-0.2, 0) is 14.6 Å². The van der Waals surface area contributed by atoms with Gasteiger partial charge in [-0.1, -0.05) is 36.7 Å². The molecule has 0 aliphatic rings. The normalized spacial score (nSPS) is 13.7. The predicted molar refractivity (Wildman–Crippen MR) is 102 cm³/mol.